The molecule has 3 aromatic rings. The van der Waals surface area contributed by atoms with Gasteiger partial charge in [-0.15, -0.1) is 0 Å². The summed E-state index contributed by atoms with van der Waals surface area (Å²) >= 11 is 0. The van der Waals surface area contributed by atoms with Crippen LogP contribution in [-0.2, 0) is 6.18 Å². The predicted octanol–water partition coefficient (Wildman–Crippen LogP) is 5.27. The molecule has 4 heteroatoms. The van der Waals surface area contributed by atoms with E-state index < -0.39 is 11.7 Å². The molecular weight excluding hydrogens is 311 g/mol. The van der Waals surface area contributed by atoms with Crippen molar-refractivity contribution in [3.8, 4) is 16.8 Å². The van der Waals surface area contributed by atoms with Crippen LogP contribution in [0.2, 0.25) is 0 Å². The van der Waals surface area contributed by atoms with E-state index in [9.17, 15) is 13.2 Å². The van der Waals surface area contributed by atoms with E-state index in [-0.39, 0.29) is 0 Å². The van der Waals surface area contributed by atoms with E-state index in [0.29, 0.717) is 0 Å². The molecule has 0 saturated heterocycles. The normalized spacial score (nSPS) is 11.5. The number of aryl methyl sites for hydroxylation is 2. The van der Waals surface area contributed by atoms with Gasteiger partial charge in [0.05, 0.1) is 5.56 Å². The minimum absolute atomic E-state index is 0.636. The molecule has 122 valence electrons. The monoisotopic (exact) mass is 328 g/mol. The second kappa shape index (κ2) is 6.11. The molecule has 0 amide bonds. The van der Waals surface area contributed by atoms with E-state index in [4.69, 9.17) is 0 Å². The average Bonchev–Trinajstić information content (AvgIpc) is 2.54. The Balaban J connectivity index is 2.03. The van der Waals surface area contributed by atoms with Crippen LogP contribution in [0.5, 0.6) is 0 Å². The number of benzene rings is 2. The van der Waals surface area contributed by atoms with Crippen LogP contribution in [0.3, 0.4) is 0 Å². The van der Waals surface area contributed by atoms with Gasteiger partial charge in [0.25, 0.3) is 0 Å². The zero-order valence-electron chi connectivity index (χ0n) is 13.4. The topological polar surface area (TPSA) is 3.88 Å². The molecule has 0 fully saturated rings. The van der Waals surface area contributed by atoms with Crippen LogP contribution in [0.25, 0.3) is 16.8 Å². The first-order chi connectivity index (χ1) is 11.4. The summed E-state index contributed by atoms with van der Waals surface area (Å²) in [4.78, 5) is 0. The van der Waals surface area contributed by atoms with E-state index in [1.807, 2.05) is 60.9 Å². The highest BCUT2D eigenvalue weighted by atomic mass is 19.4. The van der Waals surface area contributed by atoms with Crippen LogP contribution in [-0.4, -0.2) is 0 Å². The lowest BCUT2D eigenvalue weighted by Gasteiger charge is -2.09. The molecule has 1 nitrogen and oxygen atoms in total. The maximum atomic E-state index is 12.7. The summed E-state index contributed by atoms with van der Waals surface area (Å²) in [5.74, 6) is 0. The third kappa shape index (κ3) is 3.18. The number of hydrogen-bond donors (Lipinski definition) is 0. The van der Waals surface area contributed by atoms with E-state index in [2.05, 4.69) is 0 Å². The fraction of sp³-hybridized carbons (Fsp3) is 0.150. The van der Waals surface area contributed by atoms with Crippen molar-refractivity contribution < 1.29 is 17.7 Å². The van der Waals surface area contributed by atoms with Gasteiger partial charge in [0.15, 0.2) is 11.4 Å². The standard InChI is InChI=1S/C20H17F3N/c1-14-12-17(16-6-4-3-5-7-16)13-15(2)24(14)19-10-8-18(9-11-19)20(21,22)23/h3-13H,1-2H3/q+1. The molecule has 2 aromatic carbocycles. The van der Waals surface area contributed by atoms with Crippen molar-refractivity contribution in [1.82, 2.24) is 0 Å². The Morgan fingerprint density at radius 2 is 1.25 bits per heavy atom. The Hall–Kier alpha value is -2.62. The van der Waals surface area contributed by atoms with Gasteiger partial charge in [-0.3, -0.25) is 0 Å². The Kier molecular flexibility index (Phi) is 4.14. The molecule has 24 heavy (non-hydrogen) atoms. The number of aromatic nitrogens is 1. The SMILES string of the molecule is Cc1cc(-c2ccccc2)cc(C)[n+]1-c1ccc(C(F)(F)F)cc1. The van der Waals surface area contributed by atoms with Gasteiger partial charge in [-0.2, -0.15) is 17.7 Å². The Morgan fingerprint density at radius 1 is 0.708 bits per heavy atom. The van der Waals surface area contributed by atoms with Crippen molar-refractivity contribution >= 4 is 0 Å². The number of nitrogens with zero attached hydrogens (tertiary/aromatic N) is 1. The molecule has 1 aromatic heterocycles. The van der Waals surface area contributed by atoms with Crippen LogP contribution < -0.4 is 4.57 Å². The first-order valence-corrected chi connectivity index (χ1v) is 7.62. The number of halogens is 3. The van der Waals surface area contributed by atoms with Crippen LogP contribution >= 0.6 is 0 Å². The maximum Gasteiger partial charge on any atom is 0.416 e. The molecule has 0 N–H and O–H groups in total. The van der Waals surface area contributed by atoms with Gasteiger partial charge in [-0.1, -0.05) is 30.3 Å². The van der Waals surface area contributed by atoms with E-state index in [1.54, 1.807) is 0 Å². The van der Waals surface area contributed by atoms with Crippen LogP contribution in [0.15, 0.2) is 66.7 Å². The lowest BCUT2D eigenvalue weighted by atomic mass is 10.0. The average molecular weight is 328 g/mol. The van der Waals surface area contributed by atoms with Crippen molar-refractivity contribution in [2.75, 3.05) is 0 Å². The summed E-state index contributed by atoms with van der Waals surface area (Å²) in [5.41, 5.74) is 4.22. The van der Waals surface area contributed by atoms with Gasteiger partial charge >= 0.3 is 6.18 Å². The second-order valence-corrected chi connectivity index (χ2v) is 5.77. The van der Waals surface area contributed by atoms with E-state index in [0.717, 1.165) is 40.3 Å². The van der Waals surface area contributed by atoms with Gasteiger partial charge in [0, 0.05) is 38.1 Å². The molecule has 0 aliphatic rings. The molecule has 0 aliphatic carbocycles. The van der Waals surface area contributed by atoms with Crippen LogP contribution in [0.4, 0.5) is 13.2 Å². The summed E-state index contributed by atoms with van der Waals surface area (Å²) in [6.07, 6.45) is -4.32. The smallest absolute Gasteiger partial charge is 0.166 e. The highest BCUT2D eigenvalue weighted by molar-refractivity contribution is 5.63. The van der Waals surface area contributed by atoms with Gasteiger partial charge in [-0.05, 0) is 23.3 Å². The summed E-state index contributed by atoms with van der Waals surface area (Å²) in [6, 6.07) is 19.3. The largest absolute Gasteiger partial charge is 0.416 e. The lowest BCUT2D eigenvalue weighted by molar-refractivity contribution is -0.609. The fourth-order valence-corrected chi connectivity index (χ4v) is 2.90. The summed E-state index contributed by atoms with van der Waals surface area (Å²) in [7, 11) is 0. The van der Waals surface area contributed by atoms with Crippen molar-refractivity contribution in [3.63, 3.8) is 0 Å². The molecule has 0 aliphatic heterocycles. The Morgan fingerprint density at radius 3 is 1.75 bits per heavy atom. The first-order valence-electron chi connectivity index (χ1n) is 7.62. The lowest BCUT2D eigenvalue weighted by Crippen LogP contribution is -2.37. The number of rotatable bonds is 2. The highest BCUT2D eigenvalue weighted by Gasteiger charge is 2.30. The molecule has 0 unspecified atom stereocenters. The minimum Gasteiger partial charge on any atom is -0.166 e. The van der Waals surface area contributed by atoms with Crippen molar-refractivity contribution in [2.24, 2.45) is 0 Å². The number of alkyl halides is 3. The summed E-state index contributed by atoms with van der Waals surface area (Å²) in [6.45, 7) is 3.91. The molecule has 3 rings (SSSR count). The molecule has 0 atom stereocenters. The highest BCUT2D eigenvalue weighted by Crippen LogP contribution is 2.29. The third-order valence-electron chi connectivity index (χ3n) is 3.99. The van der Waals surface area contributed by atoms with Gasteiger partial charge in [-0.25, -0.2) is 0 Å². The molecular formula is C20H17F3N+. The van der Waals surface area contributed by atoms with E-state index >= 15 is 0 Å². The quantitative estimate of drug-likeness (QED) is 0.565. The van der Waals surface area contributed by atoms with Crippen LogP contribution in [0, 0.1) is 13.8 Å². The predicted molar refractivity (Wildman–Crippen MR) is 87.9 cm³/mol. The van der Waals surface area contributed by atoms with Gasteiger partial charge in [0.1, 0.15) is 0 Å². The summed E-state index contributed by atoms with van der Waals surface area (Å²) < 4.78 is 40.1. The molecule has 1 heterocycles. The van der Waals surface area contributed by atoms with Crippen molar-refractivity contribution in [2.45, 2.75) is 20.0 Å². The van der Waals surface area contributed by atoms with Gasteiger partial charge < -0.3 is 0 Å². The Labute approximate surface area is 139 Å². The number of hydrogen-bond acceptors (Lipinski definition) is 0. The Bertz CT molecular complexity index is 827. The van der Waals surface area contributed by atoms with Crippen LogP contribution in [0.1, 0.15) is 17.0 Å². The molecule has 0 bridgehead atoms. The first kappa shape index (κ1) is 16.2. The number of pyridine rings is 1. The third-order valence-corrected chi connectivity index (χ3v) is 3.99. The minimum atomic E-state index is -4.32. The van der Waals surface area contributed by atoms with Gasteiger partial charge in [0.2, 0.25) is 5.69 Å². The fourth-order valence-electron chi connectivity index (χ4n) is 2.90. The van der Waals surface area contributed by atoms with Crippen molar-refractivity contribution in [3.05, 3.63) is 83.7 Å². The zero-order chi connectivity index (χ0) is 17.3. The zero-order valence-corrected chi connectivity index (χ0v) is 13.4. The van der Waals surface area contributed by atoms with Crippen molar-refractivity contribution in [1.29, 1.82) is 0 Å². The summed E-state index contributed by atoms with van der Waals surface area (Å²) in [5, 5.41) is 0. The molecule has 0 radical (unpaired) electrons. The molecule has 0 saturated carbocycles. The maximum absolute atomic E-state index is 12.7. The van der Waals surface area contributed by atoms with E-state index in [1.165, 1.54) is 12.1 Å². The second-order valence-electron chi connectivity index (χ2n) is 5.77. The molecule has 0 spiro atoms.